The number of fused-ring (bicyclic) bond motifs is 1. The van der Waals surface area contributed by atoms with Crippen LogP contribution in [0.3, 0.4) is 0 Å². The maximum atomic E-state index is 3.54. The van der Waals surface area contributed by atoms with Gasteiger partial charge in [0.25, 0.3) is 0 Å². The lowest BCUT2D eigenvalue weighted by molar-refractivity contribution is 0.615. The SMILES string of the molecule is CNCCCNCC1Cc2ccccc2S1. The van der Waals surface area contributed by atoms with E-state index in [1.807, 2.05) is 18.8 Å². The molecule has 1 atom stereocenters. The Morgan fingerprint density at radius 2 is 2.19 bits per heavy atom. The molecule has 1 aromatic rings. The van der Waals surface area contributed by atoms with Gasteiger partial charge in [-0.15, -0.1) is 11.8 Å². The largest absolute Gasteiger partial charge is 0.320 e. The zero-order valence-electron chi connectivity index (χ0n) is 9.83. The molecule has 0 aromatic heterocycles. The first kappa shape index (κ1) is 12.0. The van der Waals surface area contributed by atoms with E-state index in [1.54, 1.807) is 0 Å². The third-order valence-corrected chi connectivity index (χ3v) is 4.19. The van der Waals surface area contributed by atoms with Crippen LogP contribution in [0.4, 0.5) is 0 Å². The second-order valence-corrected chi connectivity index (χ2v) is 5.56. The molecule has 0 saturated heterocycles. The fraction of sp³-hybridized carbons (Fsp3) is 0.538. The summed E-state index contributed by atoms with van der Waals surface area (Å²) >= 11 is 2.02. The minimum Gasteiger partial charge on any atom is -0.320 e. The van der Waals surface area contributed by atoms with Crippen molar-refractivity contribution in [3.05, 3.63) is 29.8 Å². The molecule has 1 heterocycles. The van der Waals surface area contributed by atoms with Gasteiger partial charge >= 0.3 is 0 Å². The maximum absolute atomic E-state index is 3.54. The van der Waals surface area contributed by atoms with Crippen LogP contribution in [-0.4, -0.2) is 31.9 Å². The van der Waals surface area contributed by atoms with Crippen molar-refractivity contribution in [1.82, 2.24) is 10.6 Å². The van der Waals surface area contributed by atoms with E-state index in [1.165, 1.54) is 23.3 Å². The fourth-order valence-corrected chi connectivity index (χ4v) is 3.30. The van der Waals surface area contributed by atoms with E-state index >= 15 is 0 Å². The van der Waals surface area contributed by atoms with Crippen molar-refractivity contribution in [1.29, 1.82) is 0 Å². The Balaban J connectivity index is 1.67. The van der Waals surface area contributed by atoms with Crippen LogP contribution in [0.15, 0.2) is 29.2 Å². The third kappa shape index (κ3) is 3.24. The lowest BCUT2D eigenvalue weighted by Crippen LogP contribution is -2.27. The van der Waals surface area contributed by atoms with E-state index in [9.17, 15) is 0 Å². The monoisotopic (exact) mass is 236 g/mol. The molecule has 0 amide bonds. The Kier molecular flexibility index (Phi) is 4.69. The van der Waals surface area contributed by atoms with Crippen molar-refractivity contribution in [2.45, 2.75) is 23.0 Å². The molecule has 1 unspecified atom stereocenters. The summed E-state index contributed by atoms with van der Waals surface area (Å²) in [5.74, 6) is 0. The van der Waals surface area contributed by atoms with E-state index in [4.69, 9.17) is 0 Å². The highest BCUT2D eigenvalue weighted by atomic mass is 32.2. The Labute approximate surface area is 102 Å². The Morgan fingerprint density at radius 1 is 1.31 bits per heavy atom. The molecule has 88 valence electrons. The molecule has 1 aliphatic heterocycles. The number of nitrogens with one attached hydrogen (secondary N) is 2. The number of thioether (sulfide) groups is 1. The third-order valence-electron chi connectivity index (χ3n) is 2.87. The normalized spacial score (nSPS) is 18.7. The fourth-order valence-electron chi connectivity index (χ4n) is 2.02. The molecule has 16 heavy (non-hydrogen) atoms. The predicted octanol–water partition coefficient (Wildman–Crippen LogP) is 1.90. The topological polar surface area (TPSA) is 24.1 Å². The zero-order chi connectivity index (χ0) is 11.2. The Hall–Kier alpha value is -0.510. The molecule has 2 N–H and O–H groups in total. The molecule has 0 fully saturated rings. The lowest BCUT2D eigenvalue weighted by atomic mass is 10.1. The van der Waals surface area contributed by atoms with Crippen molar-refractivity contribution in [3.8, 4) is 0 Å². The lowest BCUT2D eigenvalue weighted by Gasteiger charge is -2.09. The van der Waals surface area contributed by atoms with Gasteiger partial charge in [0.1, 0.15) is 0 Å². The van der Waals surface area contributed by atoms with Crippen LogP contribution in [0.25, 0.3) is 0 Å². The van der Waals surface area contributed by atoms with Crippen LogP contribution >= 0.6 is 11.8 Å². The maximum Gasteiger partial charge on any atom is 0.0260 e. The molecule has 3 heteroatoms. The van der Waals surface area contributed by atoms with E-state index < -0.39 is 0 Å². The highest BCUT2D eigenvalue weighted by molar-refractivity contribution is 8.00. The van der Waals surface area contributed by atoms with Gasteiger partial charge in [-0.2, -0.15) is 0 Å². The zero-order valence-corrected chi connectivity index (χ0v) is 10.6. The van der Waals surface area contributed by atoms with E-state index in [-0.39, 0.29) is 0 Å². The van der Waals surface area contributed by atoms with Crippen molar-refractivity contribution in [3.63, 3.8) is 0 Å². The van der Waals surface area contributed by atoms with Gasteiger partial charge in [0.15, 0.2) is 0 Å². The van der Waals surface area contributed by atoms with Crippen LogP contribution in [0.5, 0.6) is 0 Å². The van der Waals surface area contributed by atoms with Crippen LogP contribution < -0.4 is 10.6 Å². The molecule has 0 radical (unpaired) electrons. The first-order valence-corrected chi connectivity index (χ1v) is 6.88. The molecule has 1 aromatic carbocycles. The predicted molar refractivity (Wildman–Crippen MR) is 71.2 cm³/mol. The number of rotatable bonds is 6. The minimum absolute atomic E-state index is 0.729. The average molecular weight is 236 g/mol. The van der Waals surface area contributed by atoms with Gasteiger partial charge in [0.2, 0.25) is 0 Å². The quantitative estimate of drug-likeness (QED) is 0.738. The molecule has 0 bridgehead atoms. The second kappa shape index (κ2) is 6.28. The molecule has 0 saturated carbocycles. The van der Waals surface area contributed by atoms with Gasteiger partial charge in [-0.1, -0.05) is 18.2 Å². The highest BCUT2D eigenvalue weighted by Crippen LogP contribution is 2.36. The summed E-state index contributed by atoms with van der Waals surface area (Å²) in [6, 6.07) is 8.76. The molecule has 0 spiro atoms. The minimum atomic E-state index is 0.729. The highest BCUT2D eigenvalue weighted by Gasteiger charge is 2.20. The molecular weight excluding hydrogens is 216 g/mol. The summed E-state index contributed by atoms with van der Waals surface area (Å²) in [5, 5.41) is 7.43. The standard InChI is InChI=1S/C13H20N2S/c1-14-7-4-8-15-10-12-9-11-5-2-3-6-13(11)16-12/h2-3,5-6,12,14-15H,4,7-10H2,1H3. The van der Waals surface area contributed by atoms with Gasteiger partial charge in [-0.05, 0) is 44.6 Å². The Morgan fingerprint density at radius 3 is 3.00 bits per heavy atom. The van der Waals surface area contributed by atoms with Crippen LogP contribution in [0.2, 0.25) is 0 Å². The molecule has 2 nitrogen and oxygen atoms in total. The molecule has 0 aliphatic carbocycles. The number of benzene rings is 1. The number of hydrogen-bond acceptors (Lipinski definition) is 3. The van der Waals surface area contributed by atoms with Crippen molar-refractivity contribution in [2.75, 3.05) is 26.7 Å². The molecule has 1 aliphatic rings. The van der Waals surface area contributed by atoms with Crippen LogP contribution in [0.1, 0.15) is 12.0 Å². The summed E-state index contributed by atoms with van der Waals surface area (Å²) in [4.78, 5) is 1.48. The summed E-state index contributed by atoms with van der Waals surface area (Å²) in [6.45, 7) is 3.35. The van der Waals surface area contributed by atoms with Gasteiger partial charge in [-0.25, -0.2) is 0 Å². The number of hydrogen-bond donors (Lipinski definition) is 2. The van der Waals surface area contributed by atoms with Gasteiger partial charge < -0.3 is 10.6 Å². The Bertz CT molecular complexity index is 302. The van der Waals surface area contributed by atoms with E-state index in [0.29, 0.717) is 0 Å². The van der Waals surface area contributed by atoms with E-state index in [2.05, 4.69) is 34.9 Å². The van der Waals surface area contributed by atoms with Gasteiger partial charge in [0, 0.05) is 16.7 Å². The smallest absolute Gasteiger partial charge is 0.0260 e. The first-order valence-electron chi connectivity index (χ1n) is 6.00. The summed E-state index contributed by atoms with van der Waals surface area (Å²) in [6.07, 6.45) is 2.43. The summed E-state index contributed by atoms with van der Waals surface area (Å²) in [5.41, 5.74) is 1.52. The van der Waals surface area contributed by atoms with Gasteiger partial charge in [-0.3, -0.25) is 0 Å². The molecular formula is C13H20N2S. The summed E-state index contributed by atoms with van der Waals surface area (Å²) < 4.78 is 0. The van der Waals surface area contributed by atoms with Crippen LogP contribution in [-0.2, 0) is 6.42 Å². The van der Waals surface area contributed by atoms with Crippen molar-refractivity contribution < 1.29 is 0 Å². The molecule has 2 rings (SSSR count). The first-order chi connectivity index (χ1) is 7.90. The van der Waals surface area contributed by atoms with E-state index in [0.717, 1.165) is 24.9 Å². The summed E-state index contributed by atoms with van der Waals surface area (Å²) in [7, 11) is 2.00. The second-order valence-electron chi connectivity index (χ2n) is 4.21. The van der Waals surface area contributed by atoms with Crippen LogP contribution in [0, 0.1) is 0 Å². The van der Waals surface area contributed by atoms with Gasteiger partial charge in [0.05, 0.1) is 0 Å². The average Bonchev–Trinajstić information content (AvgIpc) is 2.71. The van der Waals surface area contributed by atoms with Crippen molar-refractivity contribution in [2.24, 2.45) is 0 Å². The van der Waals surface area contributed by atoms with Crippen molar-refractivity contribution >= 4 is 11.8 Å².